The zero-order valence-corrected chi connectivity index (χ0v) is 13.8. The number of anilines is 1. The van der Waals surface area contributed by atoms with Gasteiger partial charge in [-0.25, -0.2) is 9.78 Å². The topological polar surface area (TPSA) is 82.1 Å². The predicted octanol–water partition coefficient (Wildman–Crippen LogP) is 1.36. The van der Waals surface area contributed by atoms with Crippen molar-refractivity contribution < 1.29 is 4.79 Å². The van der Waals surface area contributed by atoms with E-state index in [2.05, 4.69) is 32.2 Å². The molecule has 0 unspecified atom stereocenters. The minimum Gasteiger partial charge on any atom is -0.347 e. The number of aromatic nitrogens is 4. The first-order chi connectivity index (χ1) is 11.1. The molecule has 0 aliphatic carbocycles. The monoisotopic (exact) mass is 317 g/mol. The van der Waals surface area contributed by atoms with Gasteiger partial charge in [-0.15, -0.1) is 0 Å². The molecular formula is C15H23N7O. The van der Waals surface area contributed by atoms with E-state index in [1.807, 2.05) is 31.1 Å². The van der Waals surface area contributed by atoms with E-state index in [9.17, 15) is 4.79 Å². The number of urea groups is 1. The SMILES string of the molecule is CCN1CCN(C(=O)Nc2cc(C)n(C)n2)C[C@H]1c1ncc[nH]1. The van der Waals surface area contributed by atoms with E-state index in [0.717, 1.165) is 24.6 Å². The van der Waals surface area contributed by atoms with E-state index >= 15 is 0 Å². The van der Waals surface area contributed by atoms with Gasteiger partial charge >= 0.3 is 6.03 Å². The van der Waals surface area contributed by atoms with Crippen molar-refractivity contribution in [2.24, 2.45) is 7.05 Å². The van der Waals surface area contributed by atoms with Crippen molar-refractivity contribution in [3.8, 4) is 0 Å². The van der Waals surface area contributed by atoms with Gasteiger partial charge in [0.1, 0.15) is 5.82 Å². The smallest absolute Gasteiger partial charge is 0.323 e. The van der Waals surface area contributed by atoms with E-state index in [1.165, 1.54) is 0 Å². The molecule has 1 aliphatic heterocycles. The highest BCUT2D eigenvalue weighted by Crippen LogP contribution is 2.23. The lowest BCUT2D eigenvalue weighted by molar-refractivity contribution is 0.0946. The van der Waals surface area contributed by atoms with Crippen molar-refractivity contribution >= 4 is 11.8 Å². The van der Waals surface area contributed by atoms with Crippen LogP contribution in [0.15, 0.2) is 18.5 Å². The maximum absolute atomic E-state index is 12.5. The van der Waals surface area contributed by atoms with Crippen molar-refractivity contribution in [2.45, 2.75) is 19.9 Å². The van der Waals surface area contributed by atoms with Crippen LogP contribution in [0.1, 0.15) is 24.5 Å². The zero-order chi connectivity index (χ0) is 16.4. The molecule has 0 aromatic carbocycles. The molecule has 0 radical (unpaired) electrons. The molecule has 8 heteroatoms. The zero-order valence-electron chi connectivity index (χ0n) is 13.8. The van der Waals surface area contributed by atoms with Crippen molar-refractivity contribution in [1.82, 2.24) is 29.5 Å². The third-order valence-electron chi connectivity index (χ3n) is 4.37. The summed E-state index contributed by atoms with van der Waals surface area (Å²) in [6.45, 7) is 7.15. The first-order valence-corrected chi connectivity index (χ1v) is 7.88. The number of carbonyl (C=O) groups excluding carboxylic acids is 1. The second-order valence-corrected chi connectivity index (χ2v) is 5.79. The molecule has 23 heavy (non-hydrogen) atoms. The average Bonchev–Trinajstić information content (AvgIpc) is 3.17. The Labute approximate surface area is 135 Å². The summed E-state index contributed by atoms with van der Waals surface area (Å²) in [5, 5.41) is 7.15. The lowest BCUT2D eigenvalue weighted by Crippen LogP contribution is -2.51. The highest BCUT2D eigenvalue weighted by Gasteiger charge is 2.31. The van der Waals surface area contributed by atoms with Gasteiger partial charge in [-0.3, -0.25) is 14.9 Å². The molecule has 2 aromatic rings. The summed E-state index contributed by atoms with van der Waals surface area (Å²) in [6, 6.07) is 1.85. The molecule has 0 bridgehead atoms. The van der Waals surface area contributed by atoms with Gasteiger partial charge in [0.15, 0.2) is 5.82 Å². The van der Waals surface area contributed by atoms with Crippen molar-refractivity contribution in [3.63, 3.8) is 0 Å². The number of nitrogens with one attached hydrogen (secondary N) is 2. The fourth-order valence-corrected chi connectivity index (χ4v) is 2.91. The molecule has 3 heterocycles. The van der Waals surface area contributed by atoms with Gasteiger partial charge in [-0.05, 0) is 13.5 Å². The summed E-state index contributed by atoms with van der Waals surface area (Å²) in [6.07, 6.45) is 3.57. The maximum atomic E-state index is 12.5. The second kappa shape index (κ2) is 6.41. The minimum atomic E-state index is -0.115. The lowest BCUT2D eigenvalue weighted by atomic mass is 10.1. The standard InChI is InChI=1S/C15H23N7O/c1-4-21-7-8-22(10-12(21)14-16-5-6-17-14)15(23)18-13-9-11(2)20(3)19-13/h5-6,9,12H,4,7-8,10H2,1-3H3,(H,16,17)(H,18,19,23)/t12-/m0/s1. The Morgan fingerprint density at radius 2 is 2.30 bits per heavy atom. The highest BCUT2D eigenvalue weighted by molar-refractivity contribution is 5.88. The van der Waals surface area contributed by atoms with Gasteiger partial charge in [0.2, 0.25) is 0 Å². The molecular weight excluding hydrogens is 294 g/mol. The van der Waals surface area contributed by atoms with E-state index in [0.29, 0.717) is 18.9 Å². The number of nitrogens with zero attached hydrogens (tertiary/aromatic N) is 5. The number of H-pyrrole nitrogens is 1. The molecule has 1 aliphatic rings. The van der Waals surface area contributed by atoms with E-state index in [4.69, 9.17) is 0 Å². The Bertz CT molecular complexity index is 644. The molecule has 1 fully saturated rings. The van der Waals surface area contributed by atoms with Crippen LogP contribution >= 0.6 is 0 Å². The molecule has 2 aromatic heterocycles. The Kier molecular flexibility index (Phi) is 4.33. The summed E-state index contributed by atoms with van der Waals surface area (Å²) in [4.78, 5) is 24.2. The number of likely N-dealkylation sites (N-methyl/N-ethyl adjacent to an activating group) is 1. The Morgan fingerprint density at radius 3 is 2.91 bits per heavy atom. The maximum Gasteiger partial charge on any atom is 0.323 e. The quantitative estimate of drug-likeness (QED) is 0.895. The van der Waals surface area contributed by atoms with Crippen LogP contribution in [0.5, 0.6) is 0 Å². The fraction of sp³-hybridized carbons (Fsp3) is 0.533. The van der Waals surface area contributed by atoms with Crippen LogP contribution in [0.25, 0.3) is 0 Å². The number of rotatable bonds is 3. The summed E-state index contributed by atoms with van der Waals surface area (Å²) in [7, 11) is 1.86. The van der Waals surface area contributed by atoms with E-state index in [-0.39, 0.29) is 12.1 Å². The summed E-state index contributed by atoms with van der Waals surface area (Å²) >= 11 is 0. The van der Waals surface area contributed by atoms with Crippen LogP contribution in [-0.2, 0) is 7.05 Å². The molecule has 0 spiro atoms. The van der Waals surface area contributed by atoms with Gasteiger partial charge < -0.3 is 9.88 Å². The summed E-state index contributed by atoms with van der Waals surface area (Å²) in [5.74, 6) is 1.49. The molecule has 1 saturated heterocycles. The number of aromatic amines is 1. The lowest BCUT2D eigenvalue weighted by Gasteiger charge is -2.39. The number of amides is 2. The third-order valence-corrected chi connectivity index (χ3v) is 4.37. The summed E-state index contributed by atoms with van der Waals surface area (Å²) < 4.78 is 1.75. The normalized spacial score (nSPS) is 19.1. The molecule has 2 amide bonds. The molecule has 3 rings (SSSR count). The molecule has 1 atom stereocenters. The van der Waals surface area contributed by atoms with E-state index in [1.54, 1.807) is 10.9 Å². The third kappa shape index (κ3) is 3.21. The molecule has 0 saturated carbocycles. The Balaban J connectivity index is 1.69. The van der Waals surface area contributed by atoms with Crippen LogP contribution < -0.4 is 5.32 Å². The van der Waals surface area contributed by atoms with Crippen molar-refractivity contribution in [1.29, 1.82) is 0 Å². The van der Waals surface area contributed by atoms with Gasteiger partial charge in [0.05, 0.1) is 6.04 Å². The van der Waals surface area contributed by atoms with Gasteiger partial charge in [-0.1, -0.05) is 6.92 Å². The van der Waals surface area contributed by atoms with Crippen LogP contribution in [-0.4, -0.2) is 61.8 Å². The van der Waals surface area contributed by atoms with Crippen molar-refractivity contribution in [3.05, 3.63) is 30.0 Å². The average molecular weight is 317 g/mol. The van der Waals surface area contributed by atoms with Crippen LogP contribution in [0.2, 0.25) is 0 Å². The van der Waals surface area contributed by atoms with Crippen LogP contribution in [0.3, 0.4) is 0 Å². The number of hydrogen-bond acceptors (Lipinski definition) is 4. The van der Waals surface area contributed by atoms with Gasteiger partial charge in [-0.2, -0.15) is 5.10 Å². The number of imidazole rings is 1. The second-order valence-electron chi connectivity index (χ2n) is 5.79. The Hall–Kier alpha value is -2.35. The van der Waals surface area contributed by atoms with Crippen LogP contribution in [0, 0.1) is 6.92 Å². The van der Waals surface area contributed by atoms with Crippen LogP contribution in [0.4, 0.5) is 10.6 Å². The van der Waals surface area contributed by atoms with Gasteiger partial charge in [0, 0.05) is 50.8 Å². The molecule has 124 valence electrons. The molecule has 8 nitrogen and oxygen atoms in total. The van der Waals surface area contributed by atoms with Crippen molar-refractivity contribution in [2.75, 3.05) is 31.5 Å². The molecule has 2 N–H and O–H groups in total. The highest BCUT2D eigenvalue weighted by atomic mass is 16.2. The summed E-state index contributed by atoms with van der Waals surface area (Å²) in [5.41, 5.74) is 1.00. The first-order valence-electron chi connectivity index (χ1n) is 7.88. The Morgan fingerprint density at radius 1 is 1.48 bits per heavy atom. The number of piperazine rings is 1. The number of carbonyl (C=O) groups is 1. The fourth-order valence-electron chi connectivity index (χ4n) is 2.91. The number of hydrogen-bond donors (Lipinski definition) is 2. The largest absolute Gasteiger partial charge is 0.347 e. The van der Waals surface area contributed by atoms with E-state index < -0.39 is 0 Å². The first kappa shape index (κ1) is 15.5. The minimum absolute atomic E-state index is 0.0972. The number of aryl methyl sites for hydroxylation is 2. The predicted molar refractivity (Wildman–Crippen MR) is 87.1 cm³/mol. The van der Waals surface area contributed by atoms with Gasteiger partial charge in [0.25, 0.3) is 0 Å².